The monoisotopic (exact) mass is 288 g/mol. The third-order valence-electron chi connectivity index (χ3n) is 3.52. The van der Waals surface area contributed by atoms with E-state index in [1.807, 2.05) is 44.2 Å². The minimum atomic E-state index is -0.600. The van der Waals surface area contributed by atoms with Crippen molar-refractivity contribution in [3.63, 3.8) is 0 Å². The molecule has 0 aliphatic carbocycles. The van der Waals surface area contributed by atoms with Crippen molar-refractivity contribution in [3.8, 4) is 0 Å². The van der Waals surface area contributed by atoms with Crippen LogP contribution in [0.25, 0.3) is 0 Å². The van der Waals surface area contributed by atoms with Gasteiger partial charge in [0.25, 0.3) is 5.91 Å². The predicted molar refractivity (Wildman–Crippen MR) is 78.6 cm³/mol. The number of methoxy groups -OCH3 is 1. The van der Waals surface area contributed by atoms with Crippen molar-refractivity contribution in [2.24, 2.45) is 0 Å². The lowest BCUT2D eigenvalue weighted by molar-refractivity contribution is -0.141. The number of hydrogen-bond donors (Lipinski definition) is 0. The highest BCUT2D eigenvalue weighted by Gasteiger charge is 2.24. The smallest absolute Gasteiger partial charge is 0.256 e. The summed E-state index contributed by atoms with van der Waals surface area (Å²) < 4.78 is 10.5. The fourth-order valence-electron chi connectivity index (χ4n) is 2.25. The molecule has 112 valence electrons. The van der Waals surface area contributed by atoms with Crippen molar-refractivity contribution >= 4 is 5.91 Å². The molecule has 0 saturated carbocycles. The standard InChI is InChI=1S/C16H20N2O3/c1-11-14(12(2)21-17-11)10-18(3)16(19)15(20-4)13-8-6-5-7-9-13/h5-9,15H,10H2,1-4H3/t15-/m1/s1. The molecule has 2 rings (SSSR count). The first-order valence-electron chi connectivity index (χ1n) is 6.79. The average Bonchev–Trinajstić information content (AvgIpc) is 2.81. The van der Waals surface area contributed by atoms with Crippen LogP contribution in [-0.4, -0.2) is 30.1 Å². The highest BCUT2D eigenvalue weighted by atomic mass is 16.5. The zero-order valence-electron chi connectivity index (χ0n) is 12.8. The maximum atomic E-state index is 12.6. The van der Waals surface area contributed by atoms with E-state index in [1.165, 1.54) is 0 Å². The predicted octanol–water partition coefficient (Wildman–Crippen LogP) is 2.64. The molecule has 0 aliphatic heterocycles. The molecule has 0 fully saturated rings. The van der Waals surface area contributed by atoms with Gasteiger partial charge in [-0.25, -0.2) is 0 Å². The summed E-state index contributed by atoms with van der Waals surface area (Å²) in [5.74, 6) is 0.643. The van der Waals surface area contributed by atoms with Gasteiger partial charge >= 0.3 is 0 Å². The van der Waals surface area contributed by atoms with E-state index in [-0.39, 0.29) is 5.91 Å². The fraction of sp³-hybridized carbons (Fsp3) is 0.375. The Morgan fingerprint density at radius 3 is 2.52 bits per heavy atom. The molecule has 1 heterocycles. The molecule has 1 aromatic heterocycles. The lowest BCUT2D eigenvalue weighted by Crippen LogP contribution is -2.32. The van der Waals surface area contributed by atoms with Gasteiger partial charge in [-0.05, 0) is 19.4 Å². The Kier molecular flexibility index (Phi) is 4.75. The Labute approximate surface area is 124 Å². The topological polar surface area (TPSA) is 55.6 Å². The second kappa shape index (κ2) is 6.54. The molecule has 1 atom stereocenters. The van der Waals surface area contributed by atoms with E-state index in [2.05, 4.69) is 5.16 Å². The molecule has 1 amide bonds. The van der Waals surface area contributed by atoms with Crippen LogP contribution in [0.1, 0.15) is 28.7 Å². The molecule has 0 unspecified atom stereocenters. The van der Waals surface area contributed by atoms with E-state index in [1.54, 1.807) is 19.1 Å². The summed E-state index contributed by atoms with van der Waals surface area (Å²) in [5, 5.41) is 3.91. The lowest BCUT2D eigenvalue weighted by Gasteiger charge is -2.23. The van der Waals surface area contributed by atoms with Crippen molar-refractivity contribution in [1.29, 1.82) is 0 Å². The van der Waals surface area contributed by atoms with Gasteiger partial charge in [0.05, 0.1) is 12.2 Å². The van der Waals surface area contributed by atoms with Gasteiger partial charge in [0.15, 0.2) is 6.10 Å². The summed E-state index contributed by atoms with van der Waals surface area (Å²) in [4.78, 5) is 14.2. The first kappa shape index (κ1) is 15.3. The summed E-state index contributed by atoms with van der Waals surface area (Å²) >= 11 is 0. The number of carbonyl (C=O) groups excluding carboxylic acids is 1. The Morgan fingerprint density at radius 2 is 2.00 bits per heavy atom. The Hall–Kier alpha value is -2.14. The zero-order chi connectivity index (χ0) is 15.4. The molecule has 21 heavy (non-hydrogen) atoms. The highest BCUT2D eigenvalue weighted by Crippen LogP contribution is 2.21. The van der Waals surface area contributed by atoms with Gasteiger partial charge in [0.1, 0.15) is 5.76 Å². The number of aryl methyl sites for hydroxylation is 2. The number of benzene rings is 1. The van der Waals surface area contributed by atoms with Gasteiger partial charge in [-0.1, -0.05) is 35.5 Å². The first-order valence-corrected chi connectivity index (χ1v) is 6.79. The van der Waals surface area contributed by atoms with Crippen molar-refractivity contribution < 1.29 is 14.1 Å². The summed E-state index contributed by atoms with van der Waals surface area (Å²) in [7, 11) is 3.29. The quantitative estimate of drug-likeness (QED) is 0.848. The maximum absolute atomic E-state index is 12.6. The number of hydrogen-bond acceptors (Lipinski definition) is 4. The van der Waals surface area contributed by atoms with Crippen LogP contribution in [0, 0.1) is 13.8 Å². The Morgan fingerprint density at radius 1 is 1.33 bits per heavy atom. The van der Waals surface area contributed by atoms with Crippen LogP contribution in [-0.2, 0) is 16.1 Å². The Bertz CT molecular complexity index is 588. The molecular formula is C16H20N2O3. The van der Waals surface area contributed by atoms with Crippen molar-refractivity contribution in [2.45, 2.75) is 26.5 Å². The molecule has 0 saturated heterocycles. The normalized spacial score (nSPS) is 12.2. The molecule has 2 aromatic rings. The average molecular weight is 288 g/mol. The van der Waals surface area contributed by atoms with Gasteiger partial charge in [-0.15, -0.1) is 0 Å². The molecule has 5 nitrogen and oxygen atoms in total. The molecule has 1 aromatic carbocycles. The van der Waals surface area contributed by atoms with Crippen LogP contribution >= 0.6 is 0 Å². The minimum Gasteiger partial charge on any atom is -0.367 e. The third-order valence-corrected chi connectivity index (χ3v) is 3.52. The Balaban J connectivity index is 2.14. The summed E-state index contributed by atoms with van der Waals surface area (Å²) in [6.45, 7) is 4.17. The highest BCUT2D eigenvalue weighted by molar-refractivity contribution is 5.82. The molecular weight excluding hydrogens is 268 g/mol. The van der Waals surface area contributed by atoms with E-state index in [0.717, 1.165) is 22.6 Å². The van der Waals surface area contributed by atoms with E-state index < -0.39 is 6.10 Å². The number of likely N-dealkylation sites (N-methyl/N-ethyl adjacent to an activating group) is 1. The van der Waals surface area contributed by atoms with Gasteiger partial charge in [-0.3, -0.25) is 4.79 Å². The van der Waals surface area contributed by atoms with Gasteiger partial charge in [-0.2, -0.15) is 0 Å². The van der Waals surface area contributed by atoms with E-state index in [9.17, 15) is 4.79 Å². The molecule has 5 heteroatoms. The van der Waals surface area contributed by atoms with Crippen LogP contribution < -0.4 is 0 Å². The number of aromatic nitrogens is 1. The largest absolute Gasteiger partial charge is 0.367 e. The van der Waals surface area contributed by atoms with Crippen LogP contribution in [0.5, 0.6) is 0 Å². The number of nitrogens with zero attached hydrogens (tertiary/aromatic N) is 2. The van der Waals surface area contributed by atoms with Crippen LogP contribution in [0.3, 0.4) is 0 Å². The molecule has 0 radical (unpaired) electrons. The fourth-order valence-corrected chi connectivity index (χ4v) is 2.25. The third kappa shape index (κ3) is 3.31. The van der Waals surface area contributed by atoms with Crippen molar-refractivity contribution in [2.75, 3.05) is 14.2 Å². The number of ether oxygens (including phenoxy) is 1. The maximum Gasteiger partial charge on any atom is 0.256 e. The zero-order valence-corrected chi connectivity index (χ0v) is 12.8. The molecule has 0 N–H and O–H groups in total. The minimum absolute atomic E-state index is 0.0938. The van der Waals surface area contributed by atoms with E-state index in [0.29, 0.717) is 6.54 Å². The number of carbonyl (C=O) groups is 1. The van der Waals surface area contributed by atoms with Crippen molar-refractivity contribution in [1.82, 2.24) is 10.1 Å². The van der Waals surface area contributed by atoms with Gasteiger partial charge in [0.2, 0.25) is 0 Å². The molecule has 0 bridgehead atoms. The molecule has 0 aliphatic rings. The SMILES string of the molecule is CO[C@@H](C(=O)N(C)Cc1c(C)noc1C)c1ccccc1. The second-order valence-corrected chi connectivity index (χ2v) is 5.02. The number of rotatable bonds is 5. The van der Waals surface area contributed by atoms with Crippen LogP contribution in [0.2, 0.25) is 0 Å². The van der Waals surface area contributed by atoms with Crippen LogP contribution in [0.4, 0.5) is 0 Å². The van der Waals surface area contributed by atoms with Crippen molar-refractivity contribution in [3.05, 3.63) is 52.9 Å². The van der Waals surface area contributed by atoms with Gasteiger partial charge < -0.3 is 14.2 Å². The molecule has 0 spiro atoms. The summed E-state index contributed by atoms with van der Waals surface area (Å²) in [6, 6.07) is 9.46. The second-order valence-electron chi connectivity index (χ2n) is 5.02. The van der Waals surface area contributed by atoms with E-state index >= 15 is 0 Å². The van der Waals surface area contributed by atoms with Gasteiger partial charge in [0, 0.05) is 19.7 Å². The van der Waals surface area contributed by atoms with E-state index in [4.69, 9.17) is 9.26 Å². The first-order chi connectivity index (χ1) is 10.0. The lowest BCUT2D eigenvalue weighted by atomic mass is 10.1. The van der Waals surface area contributed by atoms with Crippen LogP contribution in [0.15, 0.2) is 34.9 Å². The summed E-state index contributed by atoms with van der Waals surface area (Å²) in [6.07, 6.45) is -0.600. The number of amides is 1. The summed E-state index contributed by atoms with van der Waals surface area (Å²) in [5.41, 5.74) is 2.59.